The number of anilines is 1. The fourth-order valence-corrected chi connectivity index (χ4v) is 4.74. The molecular weight excluding hydrogens is 420 g/mol. The second kappa shape index (κ2) is 9.32. The highest BCUT2D eigenvalue weighted by Gasteiger charge is 2.22. The van der Waals surface area contributed by atoms with Crippen LogP contribution < -0.4 is 10.0 Å². The van der Waals surface area contributed by atoms with Crippen LogP contribution in [0.4, 0.5) is 5.69 Å². The summed E-state index contributed by atoms with van der Waals surface area (Å²) in [6.45, 7) is 3.78. The predicted molar refractivity (Wildman–Crippen MR) is 120 cm³/mol. The van der Waals surface area contributed by atoms with Gasteiger partial charge in [-0.1, -0.05) is 67.1 Å². The lowest BCUT2D eigenvalue weighted by Gasteiger charge is -2.18. The van der Waals surface area contributed by atoms with Crippen molar-refractivity contribution in [2.45, 2.75) is 31.2 Å². The smallest absolute Gasteiger partial charge is 0.263 e. The zero-order valence-corrected chi connectivity index (χ0v) is 18.3. The quantitative estimate of drug-likeness (QED) is 0.519. The molecule has 0 fully saturated rings. The lowest BCUT2D eigenvalue weighted by atomic mass is 10.0. The molecule has 3 aromatic rings. The van der Waals surface area contributed by atoms with Crippen molar-refractivity contribution in [3.05, 3.63) is 94.5 Å². The van der Waals surface area contributed by atoms with Gasteiger partial charge in [0.05, 0.1) is 16.8 Å². The summed E-state index contributed by atoms with van der Waals surface area (Å²) in [6.07, 6.45) is 0.698. The molecule has 0 saturated carbocycles. The minimum Gasteiger partial charge on any atom is -0.345 e. The molecule has 0 spiro atoms. The van der Waals surface area contributed by atoms with E-state index in [0.29, 0.717) is 12.1 Å². The van der Waals surface area contributed by atoms with Gasteiger partial charge in [-0.05, 0) is 48.7 Å². The molecule has 0 saturated heterocycles. The maximum atomic E-state index is 12.9. The van der Waals surface area contributed by atoms with Crippen molar-refractivity contribution in [1.82, 2.24) is 5.32 Å². The summed E-state index contributed by atoms with van der Waals surface area (Å²) >= 11 is 6.17. The molecule has 3 aromatic carbocycles. The third kappa shape index (κ3) is 5.01. The largest absolute Gasteiger partial charge is 0.345 e. The molecule has 30 heavy (non-hydrogen) atoms. The highest BCUT2D eigenvalue weighted by atomic mass is 35.5. The van der Waals surface area contributed by atoms with Crippen LogP contribution >= 0.6 is 11.6 Å². The van der Waals surface area contributed by atoms with Crippen LogP contribution in [0.25, 0.3) is 0 Å². The van der Waals surface area contributed by atoms with Crippen LogP contribution in [0.15, 0.2) is 77.7 Å². The molecule has 1 amide bonds. The molecular formula is C23H23ClN2O3S. The van der Waals surface area contributed by atoms with E-state index in [-0.39, 0.29) is 27.4 Å². The van der Waals surface area contributed by atoms with Crippen LogP contribution in [0.3, 0.4) is 0 Å². The van der Waals surface area contributed by atoms with Crippen LogP contribution in [0.5, 0.6) is 0 Å². The number of amides is 1. The van der Waals surface area contributed by atoms with E-state index in [9.17, 15) is 13.2 Å². The maximum Gasteiger partial charge on any atom is 0.263 e. The average molecular weight is 443 g/mol. The van der Waals surface area contributed by atoms with Gasteiger partial charge in [0.25, 0.3) is 15.9 Å². The third-order valence-corrected chi connectivity index (χ3v) is 6.63. The number of carbonyl (C=O) groups is 1. The SMILES string of the molecule is CCC(NC(=O)c1ccc(Cl)c(S(=O)(=O)Nc2ccccc2C)c1)c1ccccc1. The third-order valence-electron chi connectivity index (χ3n) is 4.79. The van der Waals surface area contributed by atoms with Crippen molar-refractivity contribution >= 4 is 33.2 Å². The molecule has 2 N–H and O–H groups in total. The van der Waals surface area contributed by atoms with Gasteiger partial charge in [-0.15, -0.1) is 0 Å². The van der Waals surface area contributed by atoms with Crippen LogP contribution in [0.1, 0.15) is 40.9 Å². The Labute approximate surface area is 182 Å². The Balaban J connectivity index is 1.87. The summed E-state index contributed by atoms with van der Waals surface area (Å²) in [5.41, 5.74) is 2.44. The summed E-state index contributed by atoms with van der Waals surface area (Å²) in [4.78, 5) is 12.7. The van der Waals surface area contributed by atoms with E-state index in [0.717, 1.165) is 11.1 Å². The second-order valence-corrected chi connectivity index (χ2v) is 8.97. The lowest BCUT2D eigenvalue weighted by Crippen LogP contribution is -2.28. The fourth-order valence-electron chi connectivity index (χ4n) is 3.09. The normalized spacial score (nSPS) is 12.2. The number of para-hydroxylation sites is 1. The first-order chi connectivity index (χ1) is 14.3. The van der Waals surface area contributed by atoms with Gasteiger partial charge in [0, 0.05) is 5.56 Å². The summed E-state index contributed by atoms with van der Waals surface area (Å²) in [6, 6.07) is 20.7. The van der Waals surface area contributed by atoms with E-state index in [4.69, 9.17) is 11.6 Å². The highest BCUT2D eigenvalue weighted by molar-refractivity contribution is 7.92. The molecule has 1 unspecified atom stereocenters. The predicted octanol–water partition coefficient (Wildman–Crippen LogP) is 5.33. The molecule has 0 aliphatic carbocycles. The number of carbonyl (C=O) groups excluding carboxylic acids is 1. The van der Waals surface area contributed by atoms with Gasteiger partial charge in [-0.2, -0.15) is 0 Å². The number of benzene rings is 3. The van der Waals surface area contributed by atoms with Gasteiger partial charge in [0.15, 0.2) is 0 Å². The Morgan fingerprint density at radius 3 is 2.33 bits per heavy atom. The summed E-state index contributed by atoms with van der Waals surface area (Å²) < 4.78 is 28.4. The van der Waals surface area contributed by atoms with Gasteiger partial charge >= 0.3 is 0 Å². The summed E-state index contributed by atoms with van der Waals surface area (Å²) in [5.74, 6) is -0.366. The number of hydrogen-bond acceptors (Lipinski definition) is 3. The van der Waals surface area contributed by atoms with Gasteiger partial charge in [0.2, 0.25) is 0 Å². The van der Waals surface area contributed by atoms with Crippen molar-refractivity contribution in [1.29, 1.82) is 0 Å². The minimum absolute atomic E-state index is 0.0442. The van der Waals surface area contributed by atoms with Crippen LogP contribution in [0, 0.1) is 6.92 Å². The van der Waals surface area contributed by atoms with Crippen LogP contribution in [-0.2, 0) is 10.0 Å². The number of aryl methyl sites for hydroxylation is 1. The fraction of sp³-hybridized carbons (Fsp3) is 0.174. The monoisotopic (exact) mass is 442 g/mol. The number of halogens is 1. The van der Waals surface area contributed by atoms with Gasteiger partial charge in [0.1, 0.15) is 4.90 Å². The molecule has 156 valence electrons. The molecule has 0 radical (unpaired) electrons. The van der Waals surface area contributed by atoms with E-state index in [1.54, 1.807) is 25.1 Å². The zero-order valence-electron chi connectivity index (χ0n) is 16.7. The highest BCUT2D eigenvalue weighted by Crippen LogP contribution is 2.27. The second-order valence-electron chi connectivity index (χ2n) is 6.91. The molecule has 0 bridgehead atoms. The molecule has 5 nitrogen and oxygen atoms in total. The van der Waals surface area contributed by atoms with Gasteiger partial charge in [-0.3, -0.25) is 9.52 Å². The Kier molecular flexibility index (Phi) is 6.80. The number of nitrogens with one attached hydrogen (secondary N) is 2. The molecule has 0 aromatic heterocycles. The standard InChI is InChI=1S/C23H23ClN2O3S/c1-3-20(17-10-5-4-6-11-17)25-23(27)18-13-14-19(24)22(15-18)30(28,29)26-21-12-8-7-9-16(21)2/h4-15,20,26H,3H2,1-2H3,(H,25,27). The van der Waals surface area contributed by atoms with E-state index in [1.807, 2.05) is 43.3 Å². The first-order valence-electron chi connectivity index (χ1n) is 9.55. The Morgan fingerprint density at radius 1 is 1.00 bits per heavy atom. The van der Waals surface area contributed by atoms with Gasteiger partial charge < -0.3 is 5.32 Å². The van der Waals surface area contributed by atoms with Crippen molar-refractivity contribution in [3.63, 3.8) is 0 Å². The topological polar surface area (TPSA) is 75.3 Å². The van der Waals surface area contributed by atoms with Crippen LogP contribution in [0.2, 0.25) is 5.02 Å². The minimum atomic E-state index is -3.97. The number of rotatable bonds is 7. The molecule has 1 atom stereocenters. The van der Waals surface area contributed by atoms with Gasteiger partial charge in [-0.25, -0.2) is 8.42 Å². The molecule has 0 aliphatic rings. The van der Waals surface area contributed by atoms with E-state index < -0.39 is 10.0 Å². The summed E-state index contributed by atoms with van der Waals surface area (Å²) in [5, 5.41) is 3.00. The average Bonchev–Trinajstić information content (AvgIpc) is 2.74. The van der Waals surface area contributed by atoms with Crippen molar-refractivity contribution in [2.75, 3.05) is 4.72 Å². The van der Waals surface area contributed by atoms with Crippen molar-refractivity contribution < 1.29 is 13.2 Å². The molecule has 0 heterocycles. The van der Waals surface area contributed by atoms with E-state index in [2.05, 4.69) is 10.0 Å². The first kappa shape index (κ1) is 21.9. The number of hydrogen-bond donors (Lipinski definition) is 2. The van der Waals surface area contributed by atoms with E-state index >= 15 is 0 Å². The van der Waals surface area contributed by atoms with Crippen molar-refractivity contribution in [3.8, 4) is 0 Å². The Bertz CT molecular complexity index is 1150. The zero-order chi connectivity index (χ0) is 21.7. The Morgan fingerprint density at radius 2 is 1.67 bits per heavy atom. The molecule has 0 aliphatic heterocycles. The summed E-state index contributed by atoms with van der Waals surface area (Å²) in [7, 11) is -3.97. The lowest BCUT2D eigenvalue weighted by molar-refractivity contribution is 0.0935. The maximum absolute atomic E-state index is 12.9. The van der Waals surface area contributed by atoms with E-state index in [1.165, 1.54) is 18.2 Å². The number of sulfonamides is 1. The Hall–Kier alpha value is -2.83. The molecule has 3 rings (SSSR count). The van der Waals surface area contributed by atoms with Crippen LogP contribution in [-0.4, -0.2) is 14.3 Å². The first-order valence-corrected chi connectivity index (χ1v) is 11.4. The molecule has 7 heteroatoms. The van der Waals surface area contributed by atoms with Crippen molar-refractivity contribution in [2.24, 2.45) is 0 Å².